The van der Waals surface area contributed by atoms with Gasteiger partial charge in [0, 0.05) is 17.3 Å². The van der Waals surface area contributed by atoms with Gasteiger partial charge in [0.2, 0.25) is 0 Å². The number of methoxy groups -OCH3 is 2. The first-order chi connectivity index (χ1) is 15.3. The Labute approximate surface area is 185 Å². The van der Waals surface area contributed by atoms with Crippen molar-refractivity contribution in [1.82, 2.24) is 9.97 Å². The van der Waals surface area contributed by atoms with Crippen molar-refractivity contribution in [3.05, 3.63) is 58.1 Å². The second-order valence-electron chi connectivity index (χ2n) is 7.38. The SMILES string of the molecule is CC[NH+](CC(=O)Nc1ccc(C(C)=O)cc1)Cc1nc2cc(OC)c(OC)cc2c(=O)[nH]1. The van der Waals surface area contributed by atoms with Gasteiger partial charge in [-0.25, -0.2) is 4.98 Å². The number of ketones is 1. The van der Waals surface area contributed by atoms with Crippen molar-refractivity contribution in [3.8, 4) is 11.5 Å². The van der Waals surface area contributed by atoms with E-state index >= 15 is 0 Å². The molecule has 32 heavy (non-hydrogen) atoms. The van der Waals surface area contributed by atoms with Crippen LogP contribution in [0.3, 0.4) is 0 Å². The molecular weight excluding hydrogens is 412 g/mol. The van der Waals surface area contributed by atoms with Gasteiger partial charge in [0.1, 0.15) is 6.54 Å². The van der Waals surface area contributed by atoms with Crippen LogP contribution in [0.4, 0.5) is 5.69 Å². The minimum atomic E-state index is -0.281. The molecule has 1 unspecified atom stereocenters. The van der Waals surface area contributed by atoms with Crippen LogP contribution >= 0.6 is 0 Å². The van der Waals surface area contributed by atoms with Crippen LogP contribution in [0.25, 0.3) is 10.9 Å². The Bertz CT molecular complexity index is 1190. The lowest BCUT2D eigenvalue weighted by atomic mass is 10.1. The van der Waals surface area contributed by atoms with E-state index in [4.69, 9.17) is 9.47 Å². The number of hydrogen-bond donors (Lipinski definition) is 3. The molecule has 1 amide bonds. The number of H-pyrrole nitrogens is 1. The highest BCUT2D eigenvalue weighted by Crippen LogP contribution is 2.29. The highest BCUT2D eigenvalue weighted by atomic mass is 16.5. The van der Waals surface area contributed by atoms with Crippen molar-refractivity contribution in [1.29, 1.82) is 0 Å². The molecule has 9 heteroatoms. The second kappa shape index (κ2) is 10.1. The number of carbonyl (C=O) groups is 2. The molecule has 3 N–H and O–H groups in total. The molecule has 168 valence electrons. The number of amides is 1. The maximum atomic E-state index is 12.6. The molecular formula is C23H27N4O5+. The minimum Gasteiger partial charge on any atom is -0.493 e. The summed E-state index contributed by atoms with van der Waals surface area (Å²) in [4.78, 5) is 44.7. The first-order valence-electron chi connectivity index (χ1n) is 10.2. The first kappa shape index (κ1) is 23.0. The topological polar surface area (TPSA) is 115 Å². The van der Waals surface area contributed by atoms with E-state index in [1.165, 1.54) is 21.1 Å². The number of Topliss-reactive ketones (excluding diaryl/α,β-unsaturated/α-hetero) is 1. The summed E-state index contributed by atoms with van der Waals surface area (Å²) in [5.74, 6) is 1.21. The number of aromatic amines is 1. The number of fused-ring (bicyclic) bond motifs is 1. The molecule has 1 heterocycles. The molecule has 0 saturated carbocycles. The second-order valence-corrected chi connectivity index (χ2v) is 7.38. The van der Waals surface area contributed by atoms with Crippen LogP contribution in [0, 0.1) is 0 Å². The van der Waals surface area contributed by atoms with Gasteiger partial charge >= 0.3 is 0 Å². The Balaban J connectivity index is 1.73. The molecule has 2 aromatic carbocycles. The predicted molar refractivity (Wildman–Crippen MR) is 121 cm³/mol. The van der Waals surface area contributed by atoms with Gasteiger partial charge in [-0.05, 0) is 44.2 Å². The molecule has 1 atom stereocenters. The summed E-state index contributed by atoms with van der Waals surface area (Å²) < 4.78 is 10.6. The third-order valence-electron chi connectivity index (χ3n) is 5.16. The number of nitrogens with one attached hydrogen (secondary N) is 3. The highest BCUT2D eigenvalue weighted by Gasteiger charge is 2.17. The molecule has 9 nitrogen and oxygen atoms in total. The molecule has 0 spiro atoms. The molecule has 3 rings (SSSR count). The van der Waals surface area contributed by atoms with Gasteiger partial charge < -0.3 is 24.7 Å². The number of aromatic nitrogens is 2. The summed E-state index contributed by atoms with van der Waals surface area (Å²) in [6.45, 7) is 4.67. The standard InChI is InChI=1S/C23H26N4O5/c1-5-27(13-22(29)24-16-8-6-15(7-9-16)14(2)28)12-21-25-18-11-20(32-4)19(31-3)10-17(18)23(30)26-21/h6-11H,5,12-13H2,1-4H3,(H,24,29)(H,25,26,30)/p+1. The van der Waals surface area contributed by atoms with Crippen molar-refractivity contribution >= 4 is 28.3 Å². The quantitative estimate of drug-likeness (QED) is 0.432. The van der Waals surface area contributed by atoms with Gasteiger partial charge in [-0.2, -0.15) is 0 Å². The zero-order valence-corrected chi connectivity index (χ0v) is 18.6. The summed E-state index contributed by atoms with van der Waals surface area (Å²) >= 11 is 0. The van der Waals surface area contributed by atoms with E-state index in [2.05, 4.69) is 15.3 Å². The van der Waals surface area contributed by atoms with Gasteiger partial charge in [-0.15, -0.1) is 0 Å². The number of carbonyl (C=O) groups excluding carboxylic acids is 2. The number of ether oxygens (including phenoxy) is 2. The summed E-state index contributed by atoms with van der Waals surface area (Å²) in [6, 6.07) is 10.0. The van der Waals surface area contributed by atoms with E-state index < -0.39 is 0 Å². The molecule has 3 aromatic rings. The van der Waals surface area contributed by atoms with Crippen LogP contribution in [0.5, 0.6) is 11.5 Å². The lowest BCUT2D eigenvalue weighted by molar-refractivity contribution is -0.904. The summed E-state index contributed by atoms with van der Waals surface area (Å²) in [5, 5.41) is 3.23. The smallest absolute Gasteiger partial charge is 0.279 e. The minimum absolute atomic E-state index is 0.0302. The fraction of sp³-hybridized carbons (Fsp3) is 0.304. The Morgan fingerprint density at radius 1 is 1.09 bits per heavy atom. The average Bonchev–Trinajstić information content (AvgIpc) is 2.78. The van der Waals surface area contributed by atoms with E-state index in [0.717, 1.165) is 4.90 Å². The lowest BCUT2D eigenvalue weighted by Crippen LogP contribution is -3.11. The third kappa shape index (κ3) is 5.30. The number of nitrogens with zero attached hydrogens (tertiary/aromatic N) is 1. The maximum Gasteiger partial charge on any atom is 0.279 e. The van der Waals surface area contributed by atoms with Crippen molar-refractivity contribution in [2.45, 2.75) is 20.4 Å². The Hall–Kier alpha value is -3.72. The molecule has 0 aliphatic carbocycles. The monoisotopic (exact) mass is 439 g/mol. The number of hydrogen-bond acceptors (Lipinski definition) is 6. The molecule has 0 bridgehead atoms. The van der Waals surface area contributed by atoms with Gasteiger partial charge in [0.05, 0.1) is 31.7 Å². The van der Waals surface area contributed by atoms with E-state index in [0.29, 0.717) is 52.6 Å². The molecule has 0 fully saturated rings. The molecule has 0 aliphatic heterocycles. The van der Waals surface area contributed by atoms with Crippen LogP contribution < -0.4 is 25.2 Å². The summed E-state index contributed by atoms with van der Waals surface area (Å²) in [6.07, 6.45) is 0. The molecule has 0 aliphatic rings. The van der Waals surface area contributed by atoms with E-state index in [1.54, 1.807) is 36.4 Å². The fourth-order valence-electron chi connectivity index (χ4n) is 3.37. The normalized spacial score (nSPS) is 11.8. The van der Waals surface area contributed by atoms with Crippen molar-refractivity contribution in [3.63, 3.8) is 0 Å². The first-order valence-corrected chi connectivity index (χ1v) is 10.2. The zero-order valence-electron chi connectivity index (χ0n) is 18.6. The number of quaternary nitrogens is 1. The Kier molecular flexibility index (Phi) is 7.21. The van der Waals surface area contributed by atoms with Crippen molar-refractivity contribution < 1.29 is 24.0 Å². The number of benzene rings is 2. The molecule has 1 aromatic heterocycles. The summed E-state index contributed by atoms with van der Waals surface area (Å²) in [7, 11) is 3.03. The maximum absolute atomic E-state index is 12.6. The largest absolute Gasteiger partial charge is 0.493 e. The fourth-order valence-corrected chi connectivity index (χ4v) is 3.37. The lowest BCUT2D eigenvalue weighted by Gasteiger charge is -2.17. The zero-order chi connectivity index (χ0) is 23.3. The van der Waals surface area contributed by atoms with Crippen molar-refractivity contribution in [2.75, 3.05) is 32.6 Å². The van der Waals surface area contributed by atoms with Crippen LogP contribution in [0.2, 0.25) is 0 Å². The van der Waals surface area contributed by atoms with Gasteiger partial charge in [-0.3, -0.25) is 14.4 Å². The van der Waals surface area contributed by atoms with Crippen LogP contribution in [0.1, 0.15) is 30.0 Å². The van der Waals surface area contributed by atoms with Gasteiger partial charge in [-0.1, -0.05) is 0 Å². The van der Waals surface area contributed by atoms with Crippen LogP contribution in [0.15, 0.2) is 41.2 Å². The van der Waals surface area contributed by atoms with Crippen molar-refractivity contribution in [2.24, 2.45) is 0 Å². The highest BCUT2D eigenvalue weighted by molar-refractivity contribution is 5.95. The van der Waals surface area contributed by atoms with E-state index in [-0.39, 0.29) is 23.8 Å². The number of anilines is 1. The summed E-state index contributed by atoms with van der Waals surface area (Å²) in [5.41, 5.74) is 1.42. The average molecular weight is 439 g/mol. The number of likely N-dealkylation sites (N-methyl/N-ethyl adjacent to an activating group) is 1. The van der Waals surface area contributed by atoms with E-state index in [9.17, 15) is 14.4 Å². The predicted octanol–water partition coefficient (Wildman–Crippen LogP) is 1.19. The third-order valence-corrected chi connectivity index (χ3v) is 5.16. The number of rotatable bonds is 9. The molecule has 0 radical (unpaired) electrons. The Morgan fingerprint density at radius 2 is 1.75 bits per heavy atom. The van der Waals surface area contributed by atoms with Crippen LogP contribution in [-0.2, 0) is 11.3 Å². The Morgan fingerprint density at radius 3 is 2.34 bits per heavy atom. The van der Waals surface area contributed by atoms with E-state index in [1.807, 2.05) is 6.92 Å². The van der Waals surface area contributed by atoms with Gasteiger partial charge in [0.25, 0.3) is 11.5 Å². The molecule has 0 saturated heterocycles. The van der Waals surface area contributed by atoms with Gasteiger partial charge in [0.15, 0.2) is 29.7 Å². The van der Waals surface area contributed by atoms with Crippen LogP contribution in [-0.4, -0.2) is 49.0 Å².